The van der Waals surface area contributed by atoms with Gasteiger partial charge in [0, 0.05) is 13.7 Å². The van der Waals surface area contributed by atoms with Gasteiger partial charge in [0.25, 0.3) is 0 Å². The molecule has 0 amide bonds. The van der Waals surface area contributed by atoms with E-state index in [1.165, 1.54) is 12.8 Å². The van der Waals surface area contributed by atoms with Crippen LogP contribution in [0.4, 0.5) is 0 Å². The molecule has 0 saturated carbocycles. The molecule has 0 bridgehead atoms. The van der Waals surface area contributed by atoms with E-state index in [4.69, 9.17) is 29.2 Å². The molecule has 4 unspecified atom stereocenters. The quantitative estimate of drug-likeness (QED) is 0.500. The summed E-state index contributed by atoms with van der Waals surface area (Å²) in [4.78, 5) is 0. The minimum atomic E-state index is -0.455. The molecule has 0 spiro atoms. The van der Waals surface area contributed by atoms with Crippen LogP contribution in [0.5, 0.6) is 0 Å². The van der Waals surface area contributed by atoms with Crippen LogP contribution in [0.1, 0.15) is 47.5 Å². The van der Waals surface area contributed by atoms with Gasteiger partial charge in [0.15, 0.2) is 0 Å². The fraction of sp³-hybridized carbons (Fsp3) is 1.00. The lowest BCUT2D eigenvalue weighted by Gasteiger charge is -2.19. The number of methoxy groups -OCH3 is 1. The maximum Gasteiger partial charge on any atom is 0.0781 e. The molecule has 0 rings (SSSR count). The minimum Gasteiger partial charge on any atom is -0.394 e. The molecular formula is C17H38O6. The topological polar surface area (TPSA) is 77.4 Å². The lowest BCUT2D eigenvalue weighted by atomic mass is 10.3. The Morgan fingerprint density at radius 1 is 0.826 bits per heavy atom. The number of aliphatic hydroxyl groups excluding tert-OH is 2. The first-order valence-corrected chi connectivity index (χ1v) is 8.49. The third-order valence-corrected chi connectivity index (χ3v) is 2.81. The number of unbranched alkanes of at least 4 members (excludes halogenated alkanes) is 1. The SMILES string of the molecule is CC(O)COC(C)COC(C)COC(C)CO.CCCCOC. The third kappa shape index (κ3) is 21.8. The highest BCUT2D eigenvalue weighted by atomic mass is 16.6. The molecule has 0 saturated heterocycles. The zero-order valence-electron chi connectivity index (χ0n) is 15.8. The fourth-order valence-electron chi connectivity index (χ4n) is 1.34. The summed E-state index contributed by atoms with van der Waals surface area (Å²) in [5.41, 5.74) is 0. The Balaban J connectivity index is 0. The van der Waals surface area contributed by atoms with E-state index in [0.29, 0.717) is 19.8 Å². The highest BCUT2D eigenvalue weighted by Gasteiger charge is 2.09. The van der Waals surface area contributed by atoms with Gasteiger partial charge in [0.2, 0.25) is 0 Å². The monoisotopic (exact) mass is 338 g/mol. The van der Waals surface area contributed by atoms with Crippen molar-refractivity contribution < 1.29 is 29.2 Å². The molecule has 0 aromatic rings. The van der Waals surface area contributed by atoms with Crippen molar-refractivity contribution in [2.45, 2.75) is 71.9 Å². The molecule has 0 fully saturated rings. The standard InChI is InChI=1S/C12H26O5.C5H12O/c1-9(14)6-15-11(3)8-17-12(4)7-16-10(2)5-13;1-3-4-5-6-2/h9-14H,5-8H2,1-4H3;3-5H2,1-2H3. The summed E-state index contributed by atoms with van der Waals surface area (Å²) < 4.78 is 21.0. The molecule has 6 nitrogen and oxygen atoms in total. The molecule has 6 heteroatoms. The van der Waals surface area contributed by atoms with Crippen molar-refractivity contribution in [2.75, 3.05) is 40.1 Å². The highest BCUT2D eigenvalue weighted by Crippen LogP contribution is 2.00. The summed E-state index contributed by atoms with van der Waals surface area (Å²) >= 11 is 0. The summed E-state index contributed by atoms with van der Waals surface area (Å²) in [6.07, 6.45) is 1.71. The zero-order valence-corrected chi connectivity index (χ0v) is 15.8. The van der Waals surface area contributed by atoms with E-state index in [9.17, 15) is 0 Å². The summed E-state index contributed by atoms with van der Waals surface area (Å²) in [5.74, 6) is 0. The van der Waals surface area contributed by atoms with Crippen LogP contribution >= 0.6 is 0 Å². The van der Waals surface area contributed by atoms with Crippen LogP contribution in [0.15, 0.2) is 0 Å². The van der Waals surface area contributed by atoms with Crippen LogP contribution in [-0.2, 0) is 18.9 Å². The van der Waals surface area contributed by atoms with Gasteiger partial charge in [0.1, 0.15) is 0 Å². The zero-order chi connectivity index (χ0) is 18.1. The molecule has 0 aliphatic rings. The average molecular weight is 338 g/mol. The summed E-state index contributed by atoms with van der Waals surface area (Å²) in [7, 11) is 1.73. The number of aliphatic hydroxyl groups is 2. The molecule has 0 aromatic heterocycles. The average Bonchev–Trinajstić information content (AvgIpc) is 2.54. The van der Waals surface area contributed by atoms with Crippen molar-refractivity contribution in [3.63, 3.8) is 0 Å². The van der Waals surface area contributed by atoms with Gasteiger partial charge in [-0.3, -0.25) is 0 Å². The molecule has 2 N–H and O–H groups in total. The van der Waals surface area contributed by atoms with Gasteiger partial charge in [-0.15, -0.1) is 0 Å². The second-order valence-corrected chi connectivity index (χ2v) is 5.81. The van der Waals surface area contributed by atoms with Crippen LogP contribution in [0.2, 0.25) is 0 Å². The molecule has 0 aromatic carbocycles. The van der Waals surface area contributed by atoms with Crippen LogP contribution in [0, 0.1) is 0 Å². The lowest BCUT2D eigenvalue weighted by molar-refractivity contribution is -0.0825. The van der Waals surface area contributed by atoms with Crippen LogP contribution in [0.3, 0.4) is 0 Å². The Hall–Kier alpha value is -0.240. The Labute approximate surface area is 142 Å². The van der Waals surface area contributed by atoms with Crippen LogP contribution in [-0.4, -0.2) is 74.8 Å². The molecule has 0 aliphatic heterocycles. The first-order valence-electron chi connectivity index (χ1n) is 8.49. The van der Waals surface area contributed by atoms with E-state index >= 15 is 0 Å². The predicted octanol–water partition coefficient (Wildman–Crippen LogP) is 2.01. The summed E-state index contributed by atoms with van der Waals surface area (Å²) in [6.45, 7) is 11.6. The van der Waals surface area contributed by atoms with Gasteiger partial charge in [-0.2, -0.15) is 0 Å². The van der Waals surface area contributed by atoms with Gasteiger partial charge in [0.05, 0.1) is 50.8 Å². The molecule has 0 radical (unpaired) electrons. The second kappa shape index (κ2) is 18.1. The van der Waals surface area contributed by atoms with E-state index in [0.717, 1.165) is 6.61 Å². The molecule has 23 heavy (non-hydrogen) atoms. The Bertz CT molecular complexity index is 221. The maximum absolute atomic E-state index is 9.04. The van der Waals surface area contributed by atoms with Gasteiger partial charge >= 0.3 is 0 Å². The van der Waals surface area contributed by atoms with Crippen molar-refractivity contribution >= 4 is 0 Å². The number of hydrogen-bond donors (Lipinski definition) is 2. The van der Waals surface area contributed by atoms with E-state index in [1.54, 1.807) is 21.0 Å². The number of ether oxygens (including phenoxy) is 4. The Morgan fingerprint density at radius 2 is 1.30 bits per heavy atom. The Kier molecular flexibility index (Phi) is 19.7. The first kappa shape index (κ1) is 25.0. The molecule has 4 atom stereocenters. The van der Waals surface area contributed by atoms with Crippen LogP contribution in [0.25, 0.3) is 0 Å². The fourth-order valence-corrected chi connectivity index (χ4v) is 1.34. The summed E-state index contributed by atoms with van der Waals surface area (Å²) in [6, 6.07) is 0. The normalized spacial score (nSPS) is 16.2. The summed E-state index contributed by atoms with van der Waals surface area (Å²) in [5, 5.41) is 17.8. The van der Waals surface area contributed by atoms with Crippen molar-refractivity contribution in [2.24, 2.45) is 0 Å². The van der Waals surface area contributed by atoms with Crippen molar-refractivity contribution in [1.29, 1.82) is 0 Å². The highest BCUT2D eigenvalue weighted by molar-refractivity contribution is 4.55. The molecule has 0 heterocycles. The van der Waals surface area contributed by atoms with Gasteiger partial charge in [-0.1, -0.05) is 13.3 Å². The van der Waals surface area contributed by atoms with Gasteiger partial charge in [-0.25, -0.2) is 0 Å². The number of rotatable bonds is 13. The largest absolute Gasteiger partial charge is 0.394 e. The van der Waals surface area contributed by atoms with Crippen molar-refractivity contribution in [1.82, 2.24) is 0 Å². The third-order valence-electron chi connectivity index (χ3n) is 2.81. The van der Waals surface area contributed by atoms with Crippen molar-refractivity contribution in [3.05, 3.63) is 0 Å². The van der Waals surface area contributed by atoms with E-state index < -0.39 is 6.10 Å². The van der Waals surface area contributed by atoms with Gasteiger partial charge < -0.3 is 29.2 Å². The Morgan fingerprint density at radius 3 is 1.65 bits per heavy atom. The van der Waals surface area contributed by atoms with E-state index in [2.05, 4.69) is 6.92 Å². The maximum atomic E-state index is 9.04. The predicted molar refractivity (Wildman–Crippen MR) is 91.8 cm³/mol. The van der Waals surface area contributed by atoms with Gasteiger partial charge in [-0.05, 0) is 34.1 Å². The van der Waals surface area contributed by atoms with Crippen molar-refractivity contribution in [3.8, 4) is 0 Å². The first-order chi connectivity index (χ1) is 10.9. The van der Waals surface area contributed by atoms with E-state index in [1.807, 2.05) is 13.8 Å². The minimum absolute atomic E-state index is 0.0145. The van der Waals surface area contributed by atoms with E-state index in [-0.39, 0.29) is 24.9 Å². The second-order valence-electron chi connectivity index (χ2n) is 5.81. The number of hydrogen-bond acceptors (Lipinski definition) is 6. The smallest absolute Gasteiger partial charge is 0.0781 e. The molecule has 0 aliphatic carbocycles. The molecule has 142 valence electrons. The van der Waals surface area contributed by atoms with Crippen LogP contribution < -0.4 is 0 Å². The molecular weight excluding hydrogens is 300 g/mol. The lowest BCUT2D eigenvalue weighted by Crippen LogP contribution is -2.27.